The number of hydrogen-bond donors (Lipinski definition) is 0. The highest BCUT2D eigenvalue weighted by Gasteiger charge is 2.22. The fourth-order valence-corrected chi connectivity index (χ4v) is 8.44. The Morgan fingerprint density at radius 1 is 0.434 bits per heavy atom. The van der Waals surface area contributed by atoms with Gasteiger partial charge in [-0.05, 0) is 76.9 Å². The predicted octanol–water partition coefficient (Wildman–Crippen LogP) is 13.7. The van der Waals surface area contributed by atoms with Crippen LogP contribution >= 0.6 is 0 Å². The van der Waals surface area contributed by atoms with Gasteiger partial charge in [-0.3, -0.25) is 0 Å². The summed E-state index contributed by atoms with van der Waals surface area (Å²) >= 11 is 0. The molecular weight excluding hydrogens is 647 g/mol. The minimum absolute atomic E-state index is 0.608. The van der Waals surface area contributed by atoms with Crippen molar-refractivity contribution in [2.24, 2.45) is 0 Å². The van der Waals surface area contributed by atoms with Gasteiger partial charge in [0, 0.05) is 32.6 Å². The van der Waals surface area contributed by atoms with E-state index in [4.69, 9.17) is 11.0 Å². The summed E-state index contributed by atoms with van der Waals surface area (Å²) in [6.45, 7) is 8.28. The lowest BCUT2D eigenvalue weighted by atomic mass is 10.0. The summed E-state index contributed by atoms with van der Waals surface area (Å²) in [7, 11) is 0. The molecule has 0 aliphatic heterocycles. The molecule has 3 heterocycles. The molecule has 0 amide bonds. The van der Waals surface area contributed by atoms with E-state index in [-0.39, 0.29) is 0 Å². The molecule has 0 unspecified atom stereocenters. The largest absolute Gasteiger partial charge is 0.455 e. The number of aromatic nitrogens is 2. The van der Waals surface area contributed by atoms with E-state index >= 15 is 0 Å². The van der Waals surface area contributed by atoms with Crippen molar-refractivity contribution >= 4 is 71.2 Å². The SMILES string of the molecule is [C-]#[N+]c1cccc(-c2cccc(-n3c4ccc(-c5ccccc5)cc4c4c5oc6ccccc6c5ccc43)c2)c1-n1c2ccccc2c2ccccc21. The maximum atomic E-state index is 8.28. The van der Waals surface area contributed by atoms with Crippen LogP contribution in [0.1, 0.15) is 0 Å². The lowest BCUT2D eigenvalue weighted by molar-refractivity contribution is 0.673. The standard InChI is InChI=1S/C49H29N3O/c1-50-41-21-12-20-35(48(41)52-42-22-8-5-17-36(42)37-18-6-9-23-43(37)52)33-15-11-16-34(29-33)51-44-27-25-32(31-13-3-2-4-14-31)30-40(44)47-45(51)28-26-39-38-19-7-10-24-46(38)53-49(39)47/h2-30H. The van der Waals surface area contributed by atoms with Crippen LogP contribution in [0.25, 0.3) is 104 Å². The van der Waals surface area contributed by atoms with E-state index in [1.807, 2.05) is 24.3 Å². The fourth-order valence-electron chi connectivity index (χ4n) is 8.44. The van der Waals surface area contributed by atoms with Crippen molar-refractivity contribution in [3.8, 4) is 33.6 Å². The molecule has 0 aliphatic carbocycles. The summed E-state index contributed by atoms with van der Waals surface area (Å²) in [6, 6.07) is 61.7. The average Bonchev–Trinajstić information content (AvgIpc) is 3.88. The second-order valence-corrected chi connectivity index (χ2v) is 13.6. The third-order valence-corrected chi connectivity index (χ3v) is 10.7. The second-order valence-electron chi connectivity index (χ2n) is 13.6. The molecule has 0 N–H and O–H groups in total. The van der Waals surface area contributed by atoms with Gasteiger partial charge in [0.2, 0.25) is 5.69 Å². The third kappa shape index (κ3) is 4.29. The molecule has 0 bridgehead atoms. The van der Waals surface area contributed by atoms with Crippen molar-refractivity contribution in [3.05, 3.63) is 187 Å². The van der Waals surface area contributed by atoms with Crippen LogP contribution in [-0.2, 0) is 0 Å². The van der Waals surface area contributed by atoms with Gasteiger partial charge in [-0.2, -0.15) is 0 Å². The first kappa shape index (κ1) is 29.4. The number of nitrogens with zero attached hydrogens (tertiary/aromatic N) is 3. The fraction of sp³-hybridized carbons (Fsp3) is 0. The third-order valence-electron chi connectivity index (χ3n) is 10.7. The molecular formula is C49H29N3O. The van der Waals surface area contributed by atoms with Gasteiger partial charge in [0.05, 0.1) is 39.7 Å². The second kappa shape index (κ2) is 11.3. The Morgan fingerprint density at radius 2 is 1.09 bits per heavy atom. The van der Waals surface area contributed by atoms with Gasteiger partial charge in [0.1, 0.15) is 11.2 Å². The monoisotopic (exact) mass is 675 g/mol. The maximum Gasteiger partial charge on any atom is 0.211 e. The minimum Gasteiger partial charge on any atom is -0.455 e. The summed E-state index contributed by atoms with van der Waals surface area (Å²) in [5.41, 5.74) is 13.0. The molecule has 11 rings (SSSR count). The zero-order chi connectivity index (χ0) is 35.0. The van der Waals surface area contributed by atoms with Gasteiger partial charge >= 0.3 is 0 Å². The molecule has 4 nitrogen and oxygen atoms in total. The molecule has 8 aromatic carbocycles. The number of fused-ring (bicyclic) bond motifs is 10. The van der Waals surface area contributed by atoms with Gasteiger partial charge in [-0.1, -0.05) is 121 Å². The normalized spacial score (nSPS) is 11.8. The van der Waals surface area contributed by atoms with E-state index in [1.54, 1.807) is 0 Å². The van der Waals surface area contributed by atoms with Crippen LogP contribution in [0.3, 0.4) is 0 Å². The smallest absolute Gasteiger partial charge is 0.211 e. The first-order valence-electron chi connectivity index (χ1n) is 17.8. The van der Waals surface area contributed by atoms with E-state index in [0.717, 1.165) is 82.8 Å². The number of hydrogen-bond acceptors (Lipinski definition) is 1. The molecule has 0 atom stereocenters. The molecule has 11 aromatic rings. The maximum absolute atomic E-state index is 8.28. The van der Waals surface area contributed by atoms with Crippen LogP contribution in [0.15, 0.2) is 180 Å². The van der Waals surface area contributed by atoms with E-state index in [1.165, 1.54) is 16.3 Å². The lowest BCUT2D eigenvalue weighted by Gasteiger charge is -2.17. The number of benzene rings is 8. The first-order valence-corrected chi connectivity index (χ1v) is 17.8. The molecule has 0 saturated carbocycles. The Bertz CT molecular complexity index is 3250. The van der Waals surface area contributed by atoms with Gasteiger partial charge in [-0.15, -0.1) is 0 Å². The molecule has 0 radical (unpaired) electrons. The average molecular weight is 676 g/mol. The van der Waals surface area contributed by atoms with Crippen molar-refractivity contribution in [1.29, 1.82) is 0 Å². The summed E-state index contributed by atoms with van der Waals surface area (Å²) in [6.07, 6.45) is 0. The van der Waals surface area contributed by atoms with Crippen LogP contribution in [0.5, 0.6) is 0 Å². The zero-order valence-corrected chi connectivity index (χ0v) is 28.5. The number of rotatable bonds is 4. The Morgan fingerprint density at radius 3 is 1.89 bits per heavy atom. The Balaban J connectivity index is 1.19. The molecule has 0 spiro atoms. The van der Waals surface area contributed by atoms with Crippen molar-refractivity contribution in [3.63, 3.8) is 0 Å². The Labute approximate surface area is 304 Å². The highest BCUT2D eigenvalue weighted by Crippen LogP contribution is 2.44. The quantitative estimate of drug-likeness (QED) is 0.171. The van der Waals surface area contributed by atoms with Gasteiger partial charge < -0.3 is 13.6 Å². The predicted molar refractivity (Wildman–Crippen MR) is 220 cm³/mol. The van der Waals surface area contributed by atoms with Crippen LogP contribution in [0, 0.1) is 6.57 Å². The molecule has 0 aliphatic rings. The number of furan rings is 1. The van der Waals surface area contributed by atoms with Crippen LogP contribution in [0.2, 0.25) is 0 Å². The van der Waals surface area contributed by atoms with Gasteiger partial charge in [0.15, 0.2) is 0 Å². The molecule has 246 valence electrons. The zero-order valence-electron chi connectivity index (χ0n) is 28.5. The van der Waals surface area contributed by atoms with Crippen LogP contribution < -0.4 is 0 Å². The summed E-state index contributed by atoms with van der Waals surface area (Å²) < 4.78 is 11.3. The highest BCUT2D eigenvalue weighted by molar-refractivity contribution is 6.24. The molecule has 53 heavy (non-hydrogen) atoms. The summed E-state index contributed by atoms with van der Waals surface area (Å²) in [4.78, 5) is 4.07. The van der Waals surface area contributed by atoms with Crippen molar-refractivity contribution in [2.45, 2.75) is 0 Å². The van der Waals surface area contributed by atoms with Crippen LogP contribution in [-0.4, -0.2) is 9.13 Å². The molecule has 0 fully saturated rings. The van der Waals surface area contributed by atoms with E-state index in [2.05, 4.69) is 166 Å². The molecule has 3 aromatic heterocycles. The van der Waals surface area contributed by atoms with E-state index in [0.29, 0.717) is 5.69 Å². The molecule has 0 saturated heterocycles. The van der Waals surface area contributed by atoms with Crippen molar-refractivity contribution < 1.29 is 4.42 Å². The van der Waals surface area contributed by atoms with Crippen molar-refractivity contribution in [2.75, 3.05) is 0 Å². The van der Waals surface area contributed by atoms with Gasteiger partial charge in [0.25, 0.3) is 0 Å². The number of para-hydroxylation sites is 4. The van der Waals surface area contributed by atoms with E-state index in [9.17, 15) is 0 Å². The summed E-state index contributed by atoms with van der Waals surface area (Å²) in [5, 5.41) is 6.79. The van der Waals surface area contributed by atoms with E-state index < -0.39 is 0 Å². The lowest BCUT2D eigenvalue weighted by Crippen LogP contribution is -1.99. The van der Waals surface area contributed by atoms with Gasteiger partial charge in [-0.25, -0.2) is 4.85 Å². The first-order chi connectivity index (χ1) is 26.3. The Hall–Kier alpha value is -7.35. The Kier molecular flexibility index (Phi) is 6.28. The topological polar surface area (TPSA) is 27.4 Å². The van der Waals surface area contributed by atoms with Crippen LogP contribution in [0.4, 0.5) is 5.69 Å². The highest BCUT2D eigenvalue weighted by atomic mass is 16.3. The molecule has 4 heteroatoms. The minimum atomic E-state index is 0.608. The van der Waals surface area contributed by atoms with Crippen molar-refractivity contribution in [1.82, 2.24) is 9.13 Å². The summed E-state index contributed by atoms with van der Waals surface area (Å²) in [5.74, 6) is 0.